The second kappa shape index (κ2) is 22.7. The lowest BCUT2D eigenvalue weighted by molar-refractivity contribution is -0.723. The van der Waals surface area contributed by atoms with Crippen LogP contribution in [0, 0.1) is 0 Å². The summed E-state index contributed by atoms with van der Waals surface area (Å²) in [4.78, 5) is 3.62. The Morgan fingerprint density at radius 2 is 0.912 bits per heavy atom. The van der Waals surface area contributed by atoms with Gasteiger partial charge in [0.05, 0.1) is 12.0 Å². The molecule has 1 aromatic rings. The van der Waals surface area contributed by atoms with E-state index >= 15 is 0 Å². The molecule has 2 nitrogen and oxygen atoms in total. The van der Waals surface area contributed by atoms with Gasteiger partial charge in [-0.2, -0.15) is 0 Å². The van der Waals surface area contributed by atoms with Crippen LogP contribution >= 0.6 is 0 Å². The van der Waals surface area contributed by atoms with Crippen molar-refractivity contribution >= 4 is 0 Å². The first-order chi connectivity index (χ1) is 16.7. The van der Waals surface area contributed by atoms with E-state index in [9.17, 15) is 0 Å². The van der Waals surface area contributed by atoms with Crippen LogP contribution in [0.15, 0.2) is 12.4 Å². The number of hydrogen-bond acceptors (Lipinski definition) is 0. The third-order valence-electron chi connectivity index (χ3n) is 7.75. The highest BCUT2D eigenvalue weighted by Crippen LogP contribution is 2.27. The second-order valence-corrected chi connectivity index (χ2v) is 11.3. The summed E-state index contributed by atoms with van der Waals surface area (Å²) in [6, 6.07) is 0.550. The summed E-state index contributed by atoms with van der Waals surface area (Å²) in [7, 11) is 0. The van der Waals surface area contributed by atoms with E-state index in [4.69, 9.17) is 0 Å². The minimum Gasteiger partial charge on any atom is -0.247 e. The standard InChI is InChI=1S/C32H62N2/c1-5-7-9-11-13-15-16-17-19-21-23-25-27-31(32-33-28-29-34(32)30(3)4)26-24-22-20-18-14-12-10-8-6-2/h28-31H,5-27H2,1-4H3/p+1/t31-/m0/s1. The van der Waals surface area contributed by atoms with Gasteiger partial charge in [0, 0.05) is 0 Å². The number of imidazole rings is 1. The van der Waals surface area contributed by atoms with Crippen molar-refractivity contribution in [2.45, 2.75) is 187 Å². The fourth-order valence-corrected chi connectivity index (χ4v) is 5.49. The molecule has 0 aromatic carbocycles. The van der Waals surface area contributed by atoms with Crippen molar-refractivity contribution in [2.75, 3.05) is 0 Å². The maximum atomic E-state index is 3.62. The van der Waals surface area contributed by atoms with Gasteiger partial charge in [0.15, 0.2) is 0 Å². The Balaban J connectivity index is 2.22. The van der Waals surface area contributed by atoms with Gasteiger partial charge in [-0.15, -0.1) is 0 Å². The summed E-state index contributed by atoms with van der Waals surface area (Å²) in [6.07, 6.45) is 37.2. The molecule has 1 rings (SSSR count). The van der Waals surface area contributed by atoms with Crippen molar-refractivity contribution in [1.82, 2.24) is 4.98 Å². The first-order valence-corrected chi connectivity index (χ1v) is 15.8. The molecule has 0 saturated heterocycles. The summed E-state index contributed by atoms with van der Waals surface area (Å²) in [5, 5.41) is 0. The van der Waals surface area contributed by atoms with Crippen molar-refractivity contribution in [3.05, 3.63) is 18.2 Å². The molecule has 0 amide bonds. The van der Waals surface area contributed by atoms with Gasteiger partial charge in [0.1, 0.15) is 12.4 Å². The van der Waals surface area contributed by atoms with E-state index in [0.29, 0.717) is 12.0 Å². The number of nitrogens with one attached hydrogen (secondary N) is 1. The predicted molar refractivity (Wildman–Crippen MR) is 152 cm³/mol. The summed E-state index contributed by atoms with van der Waals surface area (Å²) >= 11 is 0. The molecule has 1 N–H and O–H groups in total. The Bertz CT molecular complexity index is 533. The molecule has 1 heterocycles. The van der Waals surface area contributed by atoms with Gasteiger partial charge in [-0.25, -0.2) is 9.55 Å². The molecule has 200 valence electrons. The average Bonchev–Trinajstić information content (AvgIpc) is 3.32. The molecule has 0 fully saturated rings. The van der Waals surface area contributed by atoms with Crippen molar-refractivity contribution < 1.29 is 4.57 Å². The summed E-state index contributed by atoms with van der Waals surface area (Å²) < 4.78 is 2.49. The predicted octanol–water partition coefficient (Wildman–Crippen LogP) is 11.0. The number of aromatic nitrogens is 2. The number of unbranched alkanes of at least 4 members (excludes halogenated alkanes) is 19. The van der Waals surface area contributed by atoms with Gasteiger partial charge in [0.25, 0.3) is 5.82 Å². The maximum absolute atomic E-state index is 3.62. The number of hydrogen-bond donors (Lipinski definition) is 1. The van der Waals surface area contributed by atoms with Crippen LogP contribution in [0.1, 0.15) is 193 Å². The average molecular weight is 476 g/mol. The molecule has 0 aliphatic carbocycles. The van der Waals surface area contributed by atoms with Crippen LogP contribution in [0.4, 0.5) is 0 Å². The Labute approximate surface area is 215 Å². The molecule has 0 spiro atoms. The van der Waals surface area contributed by atoms with Crippen LogP contribution in [-0.4, -0.2) is 4.98 Å². The molecule has 0 unspecified atom stereocenters. The van der Waals surface area contributed by atoms with Crippen LogP contribution < -0.4 is 4.57 Å². The van der Waals surface area contributed by atoms with Gasteiger partial charge in [0.2, 0.25) is 0 Å². The van der Waals surface area contributed by atoms with E-state index < -0.39 is 0 Å². The van der Waals surface area contributed by atoms with Crippen molar-refractivity contribution in [1.29, 1.82) is 0 Å². The van der Waals surface area contributed by atoms with E-state index in [2.05, 4.69) is 49.6 Å². The molecule has 34 heavy (non-hydrogen) atoms. The molecular weight excluding hydrogens is 412 g/mol. The number of aromatic amines is 1. The zero-order chi connectivity index (χ0) is 24.7. The van der Waals surface area contributed by atoms with Gasteiger partial charge >= 0.3 is 0 Å². The summed E-state index contributed by atoms with van der Waals surface area (Å²) in [5.41, 5.74) is 0. The summed E-state index contributed by atoms with van der Waals surface area (Å²) in [6.45, 7) is 9.24. The molecule has 1 aromatic heterocycles. The van der Waals surface area contributed by atoms with Gasteiger partial charge < -0.3 is 0 Å². The zero-order valence-electron chi connectivity index (χ0n) is 24.0. The maximum Gasteiger partial charge on any atom is 0.257 e. The molecule has 0 radical (unpaired) electrons. The molecule has 0 aliphatic rings. The lowest BCUT2D eigenvalue weighted by atomic mass is 9.93. The van der Waals surface area contributed by atoms with E-state index in [1.165, 1.54) is 154 Å². The van der Waals surface area contributed by atoms with E-state index in [-0.39, 0.29) is 0 Å². The third-order valence-corrected chi connectivity index (χ3v) is 7.75. The largest absolute Gasteiger partial charge is 0.257 e. The molecule has 0 bridgehead atoms. The topological polar surface area (TPSA) is 19.7 Å². The Morgan fingerprint density at radius 1 is 0.559 bits per heavy atom. The number of nitrogens with zero attached hydrogens (tertiary/aromatic N) is 1. The fourth-order valence-electron chi connectivity index (χ4n) is 5.49. The third kappa shape index (κ3) is 16.0. The SMILES string of the molecule is CCCCCCCCCCCCCC[C@H](CCCCCCCCCCC)c1[nH]cc[n+]1C(C)C. The molecule has 2 heteroatoms. The fraction of sp³-hybridized carbons (Fsp3) is 0.906. The molecule has 1 atom stereocenters. The van der Waals surface area contributed by atoms with Gasteiger partial charge in [-0.05, 0) is 26.7 Å². The molecule has 0 saturated carbocycles. The molecular formula is C32H63N2+. The van der Waals surface area contributed by atoms with Gasteiger partial charge in [-0.1, -0.05) is 149 Å². The van der Waals surface area contributed by atoms with Crippen LogP contribution in [-0.2, 0) is 0 Å². The van der Waals surface area contributed by atoms with Crippen molar-refractivity contribution in [3.8, 4) is 0 Å². The lowest BCUT2D eigenvalue weighted by Gasteiger charge is -2.15. The van der Waals surface area contributed by atoms with E-state index in [1.54, 1.807) is 0 Å². The highest BCUT2D eigenvalue weighted by Gasteiger charge is 2.23. The first kappa shape index (κ1) is 31.2. The monoisotopic (exact) mass is 475 g/mol. The highest BCUT2D eigenvalue weighted by molar-refractivity contribution is 4.90. The van der Waals surface area contributed by atoms with Crippen LogP contribution in [0.3, 0.4) is 0 Å². The lowest BCUT2D eigenvalue weighted by Crippen LogP contribution is -2.39. The normalized spacial score (nSPS) is 12.6. The highest BCUT2D eigenvalue weighted by atomic mass is 15.1. The van der Waals surface area contributed by atoms with Gasteiger partial charge in [-0.3, -0.25) is 0 Å². The smallest absolute Gasteiger partial charge is 0.247 e. The first-order valence-electron chi connectivity index (χ1n) is 15.8. The molecule has 0 aliphatic heterocycles. The Kier molecular flexibility index (Phi) is 20.8. The van der Waals surface area contributed by atoms with Crippen molar-refractivity contribution in [2.24, 2.45) is 0 Å². The van der Waals surface area contributed by atoms with Crippen molar-refractivity contribution in [3.63, 3.8) is 0 Å². The zero-order valence-corrected chi connectivity index (χ0v) is 24.0. The Morgan fingerprint density at radius 3 is 1.26 bits per heavy atom. The quantitative estimate of drug-likeness (QED) is 0.107. The number of H-pyrrole nitrogens is 1. The minimum atomic E-state index is 0.550. The van der Waals surface area contributed by atoms with E-state index in [0.717, 1.165) is 0 Å². The van der Waals surface area contributed by atoms with Crippen LogP contribution in [0.5, 0.6) is 0 Å². The van der Waals surface area contributed by atoms with Crippen LogP contribution in [0.25, 0.3) is 0 Å². The minimum absolute atomic E-state index is 0.550. The summed E-state index contributed by atoms with van der Waals surface area (Å²) in [5.74, 6) is 2.20. The Hall–Kier alpha value is -0.790. The number of rotatable bonds is 25. The van der Waals surface area contributed by atoms with E-state index in [1.807, 2.05) is 0 Å². The van der Waals surface area contributed by atoms with Crippen LogP contribution in [0.2, 0.25) is 0 Å². The second-order valence-electron chi connectivity index (χ2n) is 11.3.